The van der Waals surface area contributed by atoms with Crippen molar-refractivity contribution in [2.75, 3.05) is 0 Å². The standard InChI is InChI=1S/C22H28N2O2/c1-3-19-15-20(13-14-21(19)16-25)22(24-26)23-17(2)9-7-8-12-18-10-5-4-6-11-18/h4-6,9-11,13-15,25-26H,3,7-8,12,16H2,1-2H3,(H,23,24)/b17-9+. The average Bonchev–Trinajstić information content (AvgIpc) is 2.69. The molecule has 0 atom stereocenters. The summed E-state index contributed by atoms with van der Waals surface area (Å²) in [6, 6.07) is 16.1. The summed E-state index contributed by atoms with van der Waals surface area (Å²) < 4.78 is 0. The van der Waals surface area contributed by atoms with Gasteiger partial charge in [-0.05, 0) is 55.4 Å². The van der Waals surface area contributed by atoms with Crippen molar-refractivity contribution < 1.29 is 10.3 Å². The van der Waals surface area contributed by atoms with Crippen LogP contribution in [0.25, 0.3) is 0 Å². The minimum absolute atomic E-state index is 0.0167. The molecule has 0 aliphatic rings. The highest BCUT2D eigenvalue weighted by Gasteiger charge is 2.07. The summed E-state index contributed by atoms with van der Waals surface area (Å²) in [5, 5.41) is 18.9. The summed E-state index contributed by atoms with van der Waals surface area (Å²) in [6.45, 7) is 3.99. The predicted molar refractivity (Wildman–Crippen MR) is 106 cm³/mol. The third-order valence-corrected chi connectivity index (χ3v) is 4.38. The van der Waals surface area contributed by atoms with E-state index in [4.69, 9.17) is 0 Å². The second-order valence-corrected chi connectivity index (χ2v) is 6.29. The number of allylic oxidation sites excluding steroid dienone is 2. The van der Waals surface area contributed by atoms with Gasteiger partial charge in [0.2, 0.25) is 0 Å². The molecule has 0 heterocycles. The number of aryl methyl sites for hydroxylation is 2. The highest BCUT2D eigenvalue weighted by atomic mass is 16.5. The van der Waals surface area contributed by atoms with E-state index >= 15 is 0 Å². The highest BCUT2D eigenvalue weighted by molar-refractivity contribution is 5.98. The number of nitrogens with one attached hydrogen (secondary N) is 1. The normalized spacial score (nSPS) is 12.3. The first-order chi connectivity index (χ1) is 12.7. The Morgan fingerprint density at radius 3 is 2.54 bits per heavy atom. The first kappa shape index (κ1) is 19.9. The lowest BCUT2D eigenvalue weighted by Crippen LogP contribution is -2.20. The summed E-state index contributed by atoms with van der Waals surface area (Å²) in [5.41, 5.74) is 7.17. The maximum Gasteiger partial charge on any atom is 0.157 e. The third kappa shape index (κ3) is 5.83. The van der Waals surface area contributed by atoms with E-state index in [9.17, 15) is 10.3 Å². The summed E-state index contributed by atoms with van der Waals surface area (Å²) >= 11 is 0. The first-order valence-electron chi connectivity index (χ1n) is 9.10. The van der Waals surface area contributed by atoms with Crippen LogP contribution in [0.15, 0.2) is 65.3 Å². The molecular weight excluding hydrogens is 324 g/mol. The fourth-order valence-electron chi connectivity index (χ4n) is 2.89. The number of aliphatic hydroxyl groups excluding tert-OH is 1. The van der Waals surface area contributed by atoms with E-state index in [1.165, 1.54) is 5.56 Å². The van der Waals surface area contributed by atoms with E-state index in [-0.39, 0.29) is 6.61 Å². The Morgan fingerprint density at radius 1 is 1.12 bits per heavy atom. The van der Waals surface area contributed by atoms with Crippen LogP contribution < -0.4 is 5.48 Å². The van der Waals surface area contributed by atoms with Crippen LogP contribution in [0.4, 0.5) is 0 Å². The van der Waals surface area contributed by atoms with Gasteiger partial charge in [0.25, 0.3) is 0 Å². The average molecular weight is 352 g/mol. The molecule has 2 aromatic rings. The molecule has 0 unspecified atom stereocenters. The third-order valence-electron chi connectivity index (χ3n) is 4.38. The number of benzene rings is 2. The van der Waals surface area contributed by atoms with E-state index < -0.39 is 0 Å². The zero-order valence-corrected chi connectivity index (χ0v) is 15.6. The number of aliphatic hydroxyl groups is 1. The summed E-state index contributed by atoms with van der Waals surface area (Å²) in [4.78, 5) is 4.49. The van der Waals surface area contributed by atoms with Gasteiger partial charge in [0.1, 0.15) is 0 Å². The molecule has 0 amide bonds. The molecule has 2 aromatic carbocycles. The van der Waals surface area contributed by atoms with Crippen LogP contribution in [-0.2, 0) is 19.4 Å². The minimum atomic E-state index is 0.0167. The summed E-state index contributed by atoms with van der Waals surface area (Å²) in [6.07, 6.45) is 5.94. The van der Waals surface area contributed by atoms with Gasteiger partial charge in [-0.25, -0.2) is 4.99 Å². The number of hydroxylamine groups is 1. The lowest BCUT2D eigenvalue weighted by atomic mass is 10.0. The summed E-state index contributed by atoms with van der Waals surface area (Å²) in [5.74, 6) is 0.418. The van der Waals surface area contributed by atoms with Gasteiger partial charge in [-0.1, -0.05) is 55.5 Å². The van der Waals surface area contributed by atoms with Gasteiger partial charge in [-0.3, -0.25) is 10.7 Å². The molecular formula is C22H28N2O2. The van der Waals surface area contributed by atoms with Crippen molar-refractivity contribution in [3.8, 4) is 0 Å². The minimum Gasteiger partial charge on any atom is -0.392 e. The van der Waals surface area contributed by atoms with E-state index in [2.05, 4.69) is 40.8 Å². The maximum atomic E-state index is 9.48. The molecule has 0 bridgehead atoms. The van der Waals surface area contributed by atoms with Gasteiger partial charge in [0.05, 0.1) is 6.61 Å². The lowest BCUT2D eigenvalue weighted by molar-refractivity contribution is 0.235. The number of hydrogen-bond acceptors (Lipinski definition) is 3. The zero-order chi connectivity index (χ0) is 18.8. The molecule has 0 spiro atoms. The quantitative estimate of drug-likeness (QED) is 0.286. The molecule has 0 saturated carbocycles. The number of unbranched alkanes of at least 4 members (excludes halogenated alkanes) is 1. The van der Waals surface area contributed by atoms with Crippen LogP contribution in [0, 0.1) is 0 Å². The van der Waals surface area contributed by atoms with E-state index in [1.807, 2.05) is 38.1 Å². The number of nitrogens with zero attached hydrogens (tertiary/aromatic N) is 1. The molecule has 0 radical (unpaired) electrons. The zero-order valence-electron chi connectivity index (χ0n) is 15.6. The second-order valence-electron chi connectivity index (χ2n) is 6.29. The fraction of sp³-hybridized carbons (Fsp3) is 0.318. The van der Waals surface area contributed by atoms with Crippen molar-refractivity contribution in [1.29, 1.82) is 0 Å². The first-order valence-corrected chi connectivity index (χ1v) is 9.10. The fourth-order valence-corrected chi connectivity index (χ4v) is 2.89. The van der Waals surface area contributed by atoms with Crippen LogP contribution in [-0.4, -0.2) is 16.1 Å². The molecule has 0 fully saturated rings. The molecule has 4 nitrogen and oxygen atoms in total. The van der Waals surface area contributed by atoms with E-state index in [1.54, 1.807) is 0 Å². The van der Waals surface area contributed by atoms with Crippen molar-refractivity contribution in [1.82, 2.24) is 5.48 Å². The molecule has 2 rings (SSSR count). The van der Waals surface area contributed by atoms with Crippen LogP contribution in [0.5, 0.6) is 0 Å². The smallest absolute Gasteiger partial charge is 0.157 e. The van der Waals surface area contributed by atoms with Crippen LogP contribution in [0.1, 0.15) is 48.9 Å². The molecule has 138 valence electrons. The van der Waals surface area contributed by atoms with Crippen LogP contribution in [0.2, 0.25) is 0 Å². The van der Waals surface area contributed by atoms with Crippen LogP contribution in [0.3, 0.4) is 0 Å². The van der Waals surface area contributed by atoms with Crippen LogP contribution >= 0.6 is 0 Å². The molecule has 4 heteroatoms. The second kappa shape index (κ2) is 10.5. The number of aliphatic imine (C=N–C) groups is 1. The maximum absolute atomic E-state index is 9.48. The van der Waals surface area contributed by atoms with Crippen molar-refractivity contribution >= 4 is 5.84 Å². The van der Waals surface area contributed by atoms with Crippen molar-refractivity contribution in [3.63, 3.8) is 0 Å². The Hall–Kier alpha value is -2.43. The predicted octanol–water partition coefficient (Wildman–Crippen LogP) is 4.39. The van der Waals surface area contributed by atoms with E-state index in [0.717, 1.165) is 48.1 Å². The molecule has 0 aliphatic carbocycles. The summed E-state index contributed by atoms with van der Waals surface area (Å²) in [7, 11) is 0. The van der Waals surface area contributed by atoms with Crippen molar-refractivity contribution in [2.24, 2.45) is 4.99 Å². The van der Waals surface area contributed by atoms with E-state index in [0.29, 0.717) is 5.84 Å². The molecule has 0 aromatic heterocycles. The Bertz CT molecular complexity index is 752. The highest BCUT2D eigenvalue weighted by Crippen LogP contribution is 2.15. The van der Waals surface area contributed by atoms with Crippen molar-refractivity contribution in [3.05, 3.63) is 82.6 Å². The van der Waals surface area contributed by atoms with Gasteiger partial charge in [0, 0.05) is 11.3 Å². The Labute approximate surface area is 155 Å². The van der Waals surface area contributed by atoms with Gasteiger partial charge in [-0.15, -0.1) is 0 Å². The largest absolute Gasteiger partial charge is 0.392 e. The van der Waals surface area contributed by atoms with Gasteiger partial charge >= 0.3 is 0 Å². The van der Waals surface area contributed by atoms with Gasteiger partial charge in [-0.2, -0.15) is 0 Å². The Morgan fingerprint density at radius 2 is 1.88 bits per heavy atom. The Kier molecular flexibility index (Phi) is 8.06. The number of rotatable bonds is 8. The van der Waals surface area contributed by atoms with Gasteiger partial charge in [0.15, 0.2) is 5.84 Å². The SMILES string of the molecule is CCc1cc(C(=N/C(C)=C/CCCc2ccccc2)NO)ccc1CO. The lowest BCUT2D eigenvalue weighted by Gasteiger charge is -2.10. The topological polar surface area (TPSA) is 64.9 Å². The monoisotopic (exact) mass is 352 g/mol. The molecule has 0 aliphatic heterocycles. The molecule has 3 N–H and O–H groups in total. The van der Waals surface area contributed by atoms with Gasteiger partial charge < -0.3 is 5.11 Å². The Balaban J connectivity index is 2.02. The molecule has 0 saturated heterocycles. The number of hydrogen-bond donors (Lipinski definition) is 3. The van der Waals surface area contributed by atoms with Crippen molar-refractivity contribution in [2.45, 2.75) is 46.1 Å². The number of amidine groups is 1. The molecule has 26 heavy (non-hydrogen) atoms.